The van der Waals surface area contributed by atoms with Crippen LogP contribution in [0.1, 0.15) is 15.9 Å². The maximum Gasteiger partial charge on any atom is 0.338 e. The number of carbonyl (C=O) groups is 1. The van der Waals surface area contributed by atoms with E-state index in [4.69, 9.17) is 28.3 Å². The van der Waals surface area contributed by atoms with E-state index in [0.29, 0.717) is 10.0 Å². The van der Waals surface area contributed by atoms with Crippen LogP contribution in [0.25, 0.3) is 0 Å². The molecule has 0 atom stereocenters. The highest BCUT2D eigenvalue weighted by Gasteiger charge is 2.15. The molecule has 0 spiro atoms. The first kappa shape index (κ1) is 16.1. The quantitative estimate of drug-likeness (QED) is 0.628. The first-order valence-corrected chi connectivity index (χ1v) is 6.83. The fourth-order valence-corrected chi connectivity index (χ4v) is 2.46. The molecule has 2 rings (SSSR count). The minimum Gasteiger partial charge on any atom is -0.478 e. The predicted molar refractivity (Wildman–Crippen MR) is 83.8 cm³/mol. The molecule has 2 aromatic carbocycles. The molecule has 0 aliphatic rings. The van der Waals surface area contributed by atoms with E-state index in [2.05, 4.69) is 5.32 Å². The standard InChI is InChI=1S/C14H10Cl2N2O4/c15-9-3-8(4-10(16)5-9)7-17-13-2-1-11(18(21)22)6-12(13)14(19)20/h1-6,17H,7H2,(H,19,20). The summed E-state index contributed by atoms with van der Waals surface area (Å²) in [6.07, 6.45) is 0. The van der Waals surface area contributed by atoms with Gasteiger partial charge in [-0.1, -0.05) is 23.2 Å². The van der Waals surface area contributed by atoms with Gasteiger partial charge in [-0.05, 0) is 29.8 Å². The third-order valence-corrected chi connectivity index (χ3v) is 3.29. The maximum absolute atomic E-state index is 11.2. The van der Waals surface area contributed by atoms with Gasteiger partial charge in [-0.15, -0.1) is 0 Å². The highest BCUT2D eigenvalue weighted by molar-refractivity contribution is 6.34. The summed E-state index contributed by atoms with van der Waals surface area (Å²) in [7, 11) is 0. The van der Waals surface area contributed by atoms with Crippen molar-refractivity contribution in [3.63, 3.8) is 0 Å². The van der Waals surface area contributed by atoms with Gasteiger partial charge >= 0.3 is 5.97 Å². The zero-order chi connectivity index (χ0) is 16.3. The largest absolute Gasteiger partial charge is 0.478 e. The van der Waals surface area contributed by atoms with Gasteiger partial charge in [-0.3, -0.25) is 10.1 Å². The molecule has 0 heterocycles. The van der Waals surface area contributed by atoms with E-state index in [1.54, 1.807) is 18.2 Å². The van der Waals surface area contributed by atoms with Gasteiger partial charge in [-0.2, -0.15) is 0 Å². The van der Waals surface area contributed by atoms with Crippen LogP contribution in [0.15, 0.2) is 36.4 Å². The Morgan fingerprint density at radius 3 is 2.36 bits per heavy atom. The monoisotopic (exact) mass is 340 g/mol. The summed E-state index contributed by atoms with van der Waals surface area (Å²) in [6.45, 7) is 0.276. The highest BCUT2D eigenvalue weighted by Crippen LogP contribution is 2.24. The summed E-state index contributed by atoms with van der Waals surface area (Å²) in [4.78, 5) is 21.3. The molecule has 0 saturated heterocycles. The molecular formula is C14H10Cl2N2O4. The molecule has 0 aliphatic heterocycles. The van der Waals surface area contributed by atoms with Crippen LogP contribution >= 0.6 is 23.2 Å². The number of aromatic carboxylic acids is 1. The van der Waals surface area contributed by atoms with Crippen LogP contribution in [-0.2, 0) is 6.54 Å². The minimum atomic E-state index is -1.25. The average Bonchev–Trinajstić information content (AvgIpc) is 2.43. The molecular weight excluding hydrogens is 331 g/mol. The number of non-ortho nitro benzene ring substituents is 1. The molecule has 8 heteroatoms. The number of hydrogen-bond acceptors (Lipinski definition) is 4. The Balaban J connectivity index is 2.25. The number of nitro benzene ring substituents is 1. The Morgan fingerprint density at radius 1 is 1.18 bits per heavy atom. The van der Waals surface area contributed by atoms with Crippen molar-refractivity contribution in [3.05, 3.63) is 67.7 Å². The molecule has 0 aliphatic carbocycles. The zero-order valence-corrected chi connectivity index (χ0v) is 12.6. The summed E-state index contributed by atoms with van der Waals surface area (Å²) in [5.41, 5.74) is 0.567. The summed E-state index contributed by atoms with van der Waals surface area (Å²) in [5.74, 6) is -1.25. The van der Waals surface area contributed by atoms with Gasteiger partial charge in [0.15, 0.2) is 0 Å². The number of halogens is 2. The van der Waals surface area contributed by atoms with Crippen LogP contribution in [0.4, 0.5) is 11.4 Å². The van der Waals surface area contributed by atoms with Crippen LogP contribution < -0.4 is 5.32 Å². The molecule has 0 fully saturated rings. The van der Waals surface area contributed by atoms with Crippen molar-refractivity contribution >= 4 is 40.5 Å². The van der Waals surface area contributed by atoms with Crippen molar-refractivity contribution in [2.45, 2.75) is 6.54 Å². The number of nitrogens with one attached hydrogen (secondary N) is 1. The Morgan fingerprint density at radius 2 is 1.82 bits per heavy atom. The van der Waals surface area contributed by atoms with Crippen molar-refractivity contribution in [1.29, 1.82) is 0 Å². The Bertz CT molecular complexity index is 729. The van der Waals surface area contributed by atoms with Gasteiger partial charge in [0.1, 0.15) is 0 Å². The molecule has 6 nitrogen and oxygen atoms in total. The SMILES string of the molecule is O=C(O)c1cc([N+](=O)[O-])ccc1NCc1cc(Cl)cc(Cl)c1. The zero-order valence-electron chi connectivity index (χ0n) is 11.0. The lowest BCUT2D eigenvalue weighted by molar-refractivity contribution is -0.384. The number of hydrogen-bond donors (Lipinski definition) is 2. The van der Waals surface area contributed by atoms with Gasteiger partial charge in [-0.25, -0.2) is 4.79 Å². The number of anilines is 1. The van der Waals surface area contributed by atoms with E-state index in [-0.39, 0.29) is 23.5 Å². The summed E-state index contributed by atoms with van der Waals surface area (Å²) < 4.78 is 0. The van der Waals surface area contributed by atoms with E-state index in [0.717, 1.165) is 11.6 Å². The van der Waals surface area contributed by atoms with Crippen molar-refractivity contribution in [2.75, 3.05) is 5.32 Å². The van der Waals surface area contributed by atoms with E-state index >= 15 is 0 Å². The summed E-state index contributed by atoms with van der Waals surface area (Å²) in [6, 6.07) is 8.56. The Hall–Kier alpha value is -2.31. The molecule has 0 saturated carbocycles. The van der Waals surface area contributed by atoms with Crippen molar-refractivity contribution in [3.8, 4) is 0 Å². The lowest BCUT2D eigenvalue weighted by Crippen LogP contribution is -2.07. The fourth-order valence-electron chi connectivity index (χ4n) is 1.89. The van der Waals surface area contributed by atoms with Gasteiger partial charge in [0.05, 0.1) is 10.5 Å². The number of carboxylic acids is 1. The molecule has 0 aromatic heterocycles. The predicted octanol–water partition coefficient (Wildman–Crippen LogP) is 4.21. The third-order valence-electron chi connectivity index (χ3n) is 2.85. The van der Waals surface area contributed by atoms with Crippen LogP contribution in [0, 0.1) is 10.1 Å². The Labute approximate surface area is 135 Å². The molecule has 0 bridgehead atoms. The number of benzene rings is 2. The second-order valence-corrected chi connectivity index (χ2v) is 5.30. The fraction of sp³-hybridized carbons (Fsp3) is 0.0714. The van der Waals surface area contributed by atoms with E-state index < -0.39 is 10.9 Å². The normalized spacial score (nSPS) is 10.3. The van der Waals surface area contributed by atoms with Crippen molar-refractivity contribution in [1.82, 2.24) is 0 Å². The second kappa shape index (κ2) is 6.64. The molecule has 2 N–H and O–H groups in total. The first-order chi connectivity index (χ1) is 10.4. The van der Waals surface area contributed by atoms with Crippen LogP contribution in [0.3, 0.4) is 0 Å². The van der Waals surface area contributed by atoms with Gasteiger partial charge in [0.2, 0.25) is 0 Å². The van der Waals surface area contributed by atoms with Crippen LogP contribution in [0.5, 0.6) is 0 Å². The Kier molecular flexibility index (Phi) is 4.85. The molecule has 0 unspecified atom stereocenters. The average molecular weight is 341 g/mol. The smallest absolute Gasteiger partial charge is 0.338 e. The molecule has 22 heavy (non-hydrogen) atoms. The first-order valence-electron chi connectivity index (χ1n) is 6.07. The number of nitrogens with zero attached hydrogens (tertiary/aromatic N) is 1. The summed E-state index contributed by atoms with van der Waals surface area (Å²) in [5, 5.41) is 23.7. The number of rotatable bonds is 5. The third kappa shape index (κ3) is 3.87. The summed E-state index contributed by atoms with van der Waals surface area (Å²) >= 11 is 11.8. The van der Waals surface area contributed by atoms with E-state index in [1.165, 1.54) is 12.1 Å². The number of carboxylic acid groups (broad SMARTS) is 1. The lowest BCUT2D eigenvalue weighted by Gasteiger charge is -2.10. The second-order valence-electron chi connectivity index (χ2n) is 4.42. The van der Waals surface area contributed by atoms with E-state index in [9.17, 15) is 14.9 Å². The van der Waals surface area contributed by atoms with Gasteiger partial charge < -0.3 is 10.4 Å². The van der Waals surface area contributed by atoms with Crippen LogP contribution in [0.2, 0.25) is 10.0 Å². The highest BCUT2D eigenvalue weighted by atomic mass is 35.5. The minimum absolute atomic E-state index is 0.178. The van der Waals surface area contributed by atoms with Gasteiger partial charge in [0, 0.05) is 34.4 Å². The molecule has 114 valence electrons. The van der Waals surface area contributed by atoms with Gasteiger partial charge in [0.25, 0.3) is 5.69 Å². The van der Waals surface area contributed by atoms with Crippen molar-refractivity contribution < 1.29 is 14.8 Å². The molecule has 0 radical (unpaired) electrons. The maximum atomic E-state index is 11.2. The lowest BCUT2D eigenvalue weighted by atomic mass is 10.1. The number of nitro groups is 1. The van der Waals surface area contributed by atoms with Crippen molar-refractivity contribution in [2.24, 2.45) is 0 Å². The molecule has 0 amide bonds. The topological polar surface area (TPSA) is 92.5 Å². The van der Waals surface area contributed by atoms with E-state index in [1.807, 2.05) is 0 Å². The van der Waals surface area contributed by atoms with Crippen LogP contribution in [-0.4, -0.2) is 16.0 Å². The molecule has 2 aromatic rings.